The minimum absolute atomic E-state index is 0.315. The summed E-state index contributed by atoms with van der Waals surface area (Å²) < 4.78 is 0. The largest absolute Gasteiger partial charge is 0.371 e. The fraction of sp³-hybridized carbons (Fsp3) is 0.722. The Kier molecular flexibility index (Phi) is 3.96. The van der Waals surface area contributed by atoms with Gasteiger partial charge in [-0.15, -0.1) is 0 Å². The average Bonchev–Trinajstić information content (AvgIpc) is 2.48. The molecule has 21 heavy (non-hydrogen) atoms. The first-order chi connectivity index (χ1) is 9.99. The molecule has 0 atom stereocenters. The zero-order valence-electron chi connectivity index (χ0n) is 13.8. The number of piperidine rings is 2. The van der Waals surface area contributed by atoms with Crippen LogP contribution in [0.25, 0.3) is 0 Å². The zero-order chi connectivity index (χ0) is 14.9. The van der Waals surface area contributed by atoms with E-state index in [0.717, 1.165) is 0 Å². The van der Waals surface area contributed by atoms with Gasteiger partial charge in [-0.25, -0.2) is 0 Å². The highest BCUT2D eigenvalue weighted by atomic mass is 15.2. The number of rotatable bonds is 1. The molecular formula is C18H29N3. The number of aromatic nitrogens is 1. The van der Waals surface area contributed by atoms with Crippen LogP contribution < -0.4 is 4.90 Å². The second-order valence-corrected chi connectivity index (χ2v) is 7.89. The molecule has 1 aromatic rings. The third-order valence-corrected chi connectivity index (χ3v) is 5.46. The van der Waals surface area contributed by atoms with Gasteiger partial charge in [-0.05, 0) is 70.5 Å². The van der Waals surface area contributed by atoms with E-state index in [1.54, 1.807) is 0 Å². The predicted molar refractivity (Wildman–Crippen MR) is 88.7 cm³/mol. The van der Waals surface area contributed by atoms with E-state index in [1.165, 1.54) is 57.5 Å². The molecule has 1 spiro atoms. The molecule has 0 amide bonds. The SMILES string of the molecule is CC(C)(C)N1CCCC2(CCN(c3ccncc3)CC2)C1. The van der Waals surface area contributed by atoms with Gasteiger partial charge in [0.1, 0.15) is 0 Å². The Balaban J connectivity index is 1.64. The van der Waals surface area contributed by atoms with Gasteiger partial charge in [0.25, 0.3) is 0 Å². The van der Waals surface area contributed by atoms with Crippen molar-refractivity contribution in [3.8, 4) is 0 Å². The van der Waals surface area contributed by atoms with Crippen molar-refractivity contribution in [2.75, 3.05) is 31.1 Å². The summed E-state index contributed by atoms with van der Waals surface area (Å²) in [5.41, 5.74) is 2.22. The molecule has 116 valence electrons. The van der Waals surface area contributed by atoms with E-state index in [4.69, 9.17) is 0 Å². The fourth-order valence-electron chi connectivity index (χ4n) is 3.98. The first kappa shape index (κ1) is 14.8. The van der Waals surface area contributed by atoms with E-state index < -0.39 is 0 Å². The van der Waals surface area contributed by atoms with Gasteiger partial charge in [-0.1, -0.05) is 0 Å². The second-order valence-electron chi connectivity index (χ2n) is 7.89. The molecule has 0 unspecified atom stereocenters. The summed E-state index contributed by atoms with van der Waals surface area (Å²) in [6.45, 7) is 12.0. The molecule has 0 bridgehead atoms. The molecule has 0 N–H and O–H groups in total. The topological polar surface area (TPSA) is 19.4 Å². The van der Waals surface area contributed by atoms with E-state index in [2.05, 4.69) is 47.7 Å². The molecule has 0 aliphatic carbocycles. The van der Waals surface area contributed by atoms with Crippen molar-refractivity contribution in [3.05, 3.63) is 24.5 Å². The third-order valence-electron chi connectivity index (χ3n) is 5.46. The smallest absolute Gasteiger partial charge is 0.0397 e. The Morgan fingerprint density at radius 3 is 2.29 bits per heavy atom. The van der Waals surface area contributed by atoms with E-state index >= 15 is 0 Å². The molecule has 0 aromatic carbocycles. The standard InChI is InChI=1S/C18H29N3/c1-17(2,3)21-12-4-7-18(15-21)8-13-20(14-9-18)16-5-10-19-11-6-16/h5-6,10-11H,4,7-9,12-15H2,1-3H3. The lowest BCUT2D eigenvalue weighted by Gasteiger charge is -2.51. The summed E-state index contributed by atoms with van der Waals surface area (Å²) in [6.07, 6.45) is 9.27. The van der Waals surface area contributed by atoms with Crippen LogP contribution in [0.3, 0.4) is 0 Å². The van der Waals surface area contributed by atoms with Crippen molar-refractivity contribution in [1.82, 2.24) is 9.88 Å². The van der Waals surface area contributed by atoms with Crippen LogP contribution in [-0.2, 0) is 0 Å². The summed E-state index contributed by atoms with van der Waals surface area (Å²) in [4.78, 5) is 9.36. The van der Waals surface area contributed by atoms with Gasteiger partial charge >= 0.3 is 0 Å². The summed E-state index contributed by atoms with van der Waals surface area (Å²) in [7, 11) is 0. The predicted octanol–water partition coefficient (Wildman–Crippen LogP) is 3.56. The van der Waals surface area contributed by atoms with Gasteiger partial charge < -0.3 is 4.90 Å². The van der Waals surface area contributed by atoms with Gasteiger partial charge in [-0.3, -0.25) is 9.88 Å². The minimum atomic E-state index is 0.315. The first-order valence-electron chi connectivity index (χ1n) is 8.39. The van der Waals surface area contributed by atoms with Crippen molar-refractivity contribution in [3.63, 3.8) is 0 Å². The maximum atomic E-state index is 4.13. The quantitative estimate of drug-likeness (QED) is 0.787. The molecule has 2 aliphatic heterocycles. The zero-order valence-corrected chi connectivity index (χ0v) is 13.8. The number of anilines is 1. The number of nitrogens with zero attached hydrogens (tertiary/aromatic N) is 3. The molecule has 3 heterocycles. The Morgan fingerprint density at radius 1 is 1.00 bits per heavy atom. The van der Waals surface area contributed by atoms with E-state index in [0.29, 0.717) is 11.0 Å². The Labute approximate surface area is 129 Å². The normalized spacial score (nSPS) is 23.5. The van der Waals surface area contributed by atoms with E-state index in [-0.39, 0.29) is 0 Å². The van der Waals surface area contributed by atoms with Crippen LogP contribution in [0, 0.1) is 5.41 Å². The summed E-state index contributed by atoms with van der Waals surface area (Å²) >= 11 is 0. The van der Waals surface area contributed by atoms with Crippen LogP contribution in [0.4, 0.5) is 5.69 Å². The molecule has 3 heteroatoms. The van der Waals surface area contributed by atoms with Gasteiger partial charge in [0.2, 0.25) is 0 Å². The third kappa shape index (κ3) is 3.23. The Bertz CT molecular complexity index is 455. The molecular weight excluding hydrogens is 258 g/mol. The van der Waals surface area contributed by atoms with Crippen molar-refractivity contribution >= 4 is 5.69 Å². The maximum absolute atomic E-state index is 4.13. The van der Waals surface area contributed by atoms with Crippen LogP contribution in [0.2, 0.25) is 0 Å². The van der Waals surface area contributed by atoms with Crippen LogP contribution in [0.5, 0.6) is 0 Å². The summed E-state index contributed by atoms with van der Waals surface area (Å²) in [6, 6.07) is 4.28. The maximum Gasteiger partial charge on any atom is 0.0397 e. The number of pyridine rings is 1. The van der Waals surface area contributed by atoms with Crippen molar-refractivity contribution in [1.29, 1.82) is 0 Å². The Hall–Kier alpha value is -1.09. The minimum Gasteiger partial charge on any atom is -0.371 e. The van der Waals surface area contributed by atoms with E-state index in [9.17, 15) is 0 Å². The molecule has 2 aliphatic rings. The number of likely N-dealkylation sites (tertiary alicyclic amines) is 1. The lowest BCUT2D eigenvalue weighted by atomic mass is 9.71. The Morgan fingerprint density at radius 2 is 1.67 bits per heavy atom. The van der Waals surface area contributed by atoms with Gasteiger partial charge in [-0.2, -0.15) is 0 Å². The molecule has 3 rings (SSSR count). The van der Waals surface area contributed by atoms with Crippen LogP contribution >= 0.6 is 0 Å². The monoisotopic (exact) mass is 287 g/mol. The lowest BCUT2D eigenvalue weighted by Crippen LogP contribution is -2.54. The van der Waals surface area contributed by atoms with Crippen LogP contribution in [0.1, 0.15) is 46.5 Å². The highest BCUT2D eigenvalue weighted by Gasteiger charge is 2.40. The highest BCUT2D eigenvalue weighted by Crippen LogP contribution is 2.42. The molecule has 1 aromatic heterocycles. The van der Waals surface area contributed by atoms with Crippen LogP contribution in [-0.4, -0.2) is 41.6 Å². The second kappa shape index (κ2) is 5.60. The average molecular weight is 287 g/mol. The van der Waals surface area contributed by atoms with Gasteiger partial charge in [0.05, 0.1) is 0 Å². The molecule has 0 radical (unpaired) electrons. The lowest BCUT2D eigenvalue weighted by molar-refractivity contribution is 0.0114. The van der Waals surface area contributed by atoms with Gasteiger partial charge in [0, 0.05) is 43.3 Å². The highest BCUT2D eigenvalue weighted by molar-refractivity contribution is 5.45. The van der Waals surface area contributed by atoms with Gasteiger partial charge in [0.15, 0.2) is 0 Å². The van der Waals surface area contributed by atoms with Crippen molar-refractivity contribution in [2.24, 2.45) is 5.41 Å². The van der Waals surface area contributed by atoms with Crippen molar-refractivity contribution in [2.45, 2.75) is 52.0 Å². The molecule has 0 saturated carbocycles. The summed E-state index contributed by atoms with van der Waals surface area (Å²) in [5, 5.41) is 0. The molecule has 2 saturated heterocycles. The van der Waals surface area contributed by atoms with Crippen LogP contribution in [0.15, 0.2) is 24.5 Å². The van der Waals surface area contributed by atoms with Crippen molar-refractivity contribution < 1.29 is 0 Å². The van der Waals surface area contributed by atoms with E-state index in [1.807, 2.05) is 12.4 Å². The molecule has 3 nitrogen and oxygen atoms in total. The molecule has 2 fully saturated rings. The number of hydrogen-bond donors (Lipinski definition) is 0. The summed E-state index contributed by atoms with van der Waals surface area (Å²) in [5.74, 6) is 0. The first-order valence-corrected chi connectivity index (χ1v) is 8.39. The number of hydrogen-bond acceptors (Lipinski definition) is 3. The fourth-order valence-corrected chi connectivity index (χ4v) is 3.98.